The zero-order chi connectivity index (χ0) is 21.4. The van der Waals surface area contributed by atoms with Gasteiger partial charge in [-0.2, -0.15) is 0 Å². The van der Waals surface area contributed by atoms with E-state index in [0.29, 0.717) is 13.1 Å². The average Bonchev–Trinajstić information content (AvgIpc) is 2.73. The van der Waals surface area contributed by atoms with Crippen LogP contribution in [-0.2, 0) is 13.6 Å². The van der Waals surface area contributed by atoms with Crippen LogP contribution in [0.2, 0.25) is 0 Å². The first-order valence-corrected chi connectivity index (χ1v) is 10.7. The lowest BCUT2D eigenvalue weighted by Crippen LogP contribution is -2.38. The Labute approximate surface area is 178 Å². The van der Waals surface area contributed by atoms with Crippen LogP contribution in [0.25, 0.3) is 10.9 Å². The van der Waals surface area contributed by atoms with Crippen LogP contribution >= 0.6 is 0 Å². The summed E-state index contributed by atoms with van der Waals surface area (Å²) in [5.74, 6) is 0. The number of β-amino-alcohol motifs (C(OH)–C–C–N with tert-alkyl or cyclic N) is 1. The fourth-order valence-electron chi connectivity index (χ4n) is 4.37. The van der Waals surface area contributed by atoms with Gasteiger partial charge in [0.25, 0.3) is 5.56 Å². The second kappa shape index (κ2) is 8.15. The molecule has 0 aliphatic carbocycles. The lowest BCUT2D eigenvalue weighted by atomic mass is 10.0. The molecule has 3 aromatic rings. The zero-order valence-electron chi connectivity index (χ0n) is 18.4. The molecule has 1 aliphatic rings. The SMILES string of the molecule is Cc1cc2cc(CN(C)c3ccc(N4CCCC(O)C4)cc3)c(=O)n(C)c2cc1C. The smallest absolute Gasteiger partial charge is 0.255 e. The minimum absolute atomic E-state index is 0.0523. The summed E-state index contributed by atoms with van der Waals surface area (Å²) in [6.07, 6.45) is 1.67. The number of nitrogens with zero attached hydrogens (tertiary/aromatic N) is 3. The summed E-state index contributed by atoms with van der Waals surface area (Å²) in [5, 5.41) is 11.0. The molecule has 1 atom stereocenters. The van der Waals surface area contributed by atoms with Gasteiger partial charge < -0.3 is 19.5 Å². The van der Waals surface area contributed by atoms with Crippen LogP contribution in [-0.4, -0.2) is 35.9 Å². The minimum Gasteiger partial charge on any atom is -0.391 e. The normalized spacial score (nSPS) is 16.8. The van der Waals surface area contributed by atoms with Gasteiger partial charge in [-0.25, -0.2) is 0 Å². The molecule has 0 spiro atoms. The number of pyridine rings is 1. The van der Waals surface area contributed by atoms with E-state index in [0.717, 1.165) is 47.2 Å². The van der Waals surface area contributed by atoms with Crippen LogP contribution in [0.4, 0.5) is 11.4 Å². The van der Waals surface area contributed by atoms with Crippen molar-refractivity contribution in [2.75, 3.05) is 29.9 Å². The molecular formula is C25H31N3O2. The summed E-state index contributed by atoms with van der Waals surface area (Å²) in [5.41, 5.74) is 6.46. The Balaban J connectivity index is 1.57. The van der Waals surface area contributed by atoms with Crippen LogP contribution < -0.4 is 15.4 Å². The number of fused-ring (bicyclic) bond motifs is 1. The Bertz CT molecular complexity index is 1120. The van der Waals surface area contributed by atoms with Gasteiger partial charge in [0.15, 0.2) is 0 Å². The first-order valence-electron chi connectivity index (χ1n) is 10.7. The zero-order valence-corrected chi connectivity index (χ0v) is 18.4. The monoisotopic (exact) mass is 405 g/mol. The molecule has 1 aromatic heterocycles. The van der Waals surface area contributed by atoms with E-state index in [1.807, 2.05) is 20.2 Å². The maximum absolute atomic E-state index is 12.9. The van der Waals surface area contributed by atoms with E-state index in [1.54, 1.807) is 4.57 Å². The number of aromatic nitrogens is 1. The Morgan fingerprint density at radius 2 is 1.80 bits per heavy atom. The molecule has 2 aromatic carbocycles. The van der Waals surface area contributed by atoms with Crippen LogP contribution in [0, 0.1) is 13.8 Å². The highest BCUT2D eigenvalue weighted by molar-refractivity contribution is 5.81. The van der Waals surface area contributed by atoms with Gasteiger partial charge in [0, 0.05) is 50.7 Å². The summed E-state index contributed by atoms with van der Waals surface area (Å²) in [7, 11) is 3.87. The highest BCUT2D eigenvalue weighted by atomic mass is 16.3. The lowest BCUT2D eigenvalue weighted by molar-refractivity contribution is 0.154. The van der Waals surface area contributed by atoms with Crippen molar-refractivity contribution in [1.29, 1.82) is 0 Å². The third kappa shape index (κ3) is 3.94. The average molecular weight is 406 g/mol. The van der Waals surface area contributed by atoms with Crippen molar-refractivity contribution in [2.24, 2.45) is 7.05 Å². The van der Waals surface area contributed by atoms with Crippen molar-refractivity contribution < 1.29 is 5.11 Å². The van der Waals surface area contributed by atoms with Gasteiger partial charge in [-0.3, -0.25) is 4.79 Å². The largest absolute Gasteiger partial charge is 0.391 e. The van der Waals surface area contributed by atoms with Gasteiger partial charge in [-0.15, -0.1) is 0 Å². The fraction of sp³-hybridized carbons (Fsp3) is 0.400. The molecule has 2 heterocycles. The van der Waals surface area contributed by atoms with Gasteiger partial charge >= 0.3 is 0 Å². The predicted octanol–water partition coefficient (Wildman–Crippen LogP) is 3.75. The maximum Gasteiger partial charge on any atom is 0.255 e. The van der Waals surface area contributed by atoms with Crippen LogP contribution in [0.1, 0.15) is 29.5 Å². The lowest BCUT2D eigenvalue weighted by Gasteiger charge is -2.32. The van der Waals surface area contributed by atoms with Crippen LogP contribution in [0.3, 0.4) is 0 Å². The van der Waals surface area contributed by atoms with E-state index in [-0.39, 0.29) is 11.7 Å². The topological polar surface area (TPSA) is 48.7 Å². The highest BCUT2D eigenvalue weighted by Crippen LogP contribution is 2.25. The standard InChI is InChI=1S/C25H31N3O2/c1-17-12-19-14-20(25(30)27(4)24(19)13-18(17)2)15-26(3)21-7-9-22(10-8-21)28-11-5-6-23(29)16-28/h7-10,12-14,23,29H,5-6,11,15-16H2,1-4H3. The molecule has 1 saturated heterocycles. The summed E-state index contributed by atoms with van der Waals surface area (Å²) in [6, 6.07) is 14.7. The van der Waals surface area contributed by atoms with Crippen molar-refractivity contribution in [2.45, 2.75) is 39.3 Å². The third-order valence-electron chi connectivity index (χ3n) is 6.37. The quantitative estimate of drug-likeness (QED) is 0.718. The van der Waals surface area contributed by atoms with Gasteiger partial charge in [0.2, 0.25) is 0 Å². The number of piperidine rings is 1. The molecule has 5 heteroatoms. The van der Waals surface area contributed by atoms with Gasteiger partial charge in [0.1, 0.15) is 0 Å². The second-order valence-corrected chi connectivity index (χ2v) is 8.64. The molecule has 0 radical (unpaired) electrons. The molecule has 4 rings (SSSR count). The summed E-state index contributed by atoms with van der Waals surface area (Å²) >= 11 is 0. The Kier molecular flexibility index (Phi) is 5.56. The van der Waals surface area contributed by atoms with Crippen molar-refractivity contribution >= 4 is 22.3 Å². The van der Waals surface area contributed by atoms with E-state index < -0.39 is 0 Å². The maximum atomic E-state index is 12.9. The van der Waals surface area contributed by atoms with E-state index in [9.17, 15) is 9.90 Å². The number of aryl methyl sites for hydroxylation is 3. The van der Waals surface area contributed by atoms with E-state index >= 15 is 0 Å². The number of hydrogen-bond acceptors (Lipinski definition) is 4. The fourth-order valence-corrected chi connectivity index (χ4v) is 4.37. The Morgan fingerprint density at radius 3 is 2.50 bits per heavy atom. The number of hydrogen-bond donors (Lipinski definition) is 1. The molecule has 1 aliphatic heterocycles. The molecule has 30 heavy (non-hydrogen) atoms. The molecule has 5 nitrogen and oxygen atoms in total. The van der Waals surface area contributed by atoms with Crippen molar-refractivity contribution in [3.63, 3.8) is 0 Å². The molecule has 0 amide bonds. The van der Waals surface area contributed by atoms with Crippen molar-refractivity contribution in [1.82, 2.24) is 4.57 Å². The number of benzene rings is 2. The van der Waals surface area contributed by atoms with Crippen LogP contribution in [0.15, 0.2) is 47.3 Å². The molecular weight excluding hydrogens is 374 g/mol. The molecule has 1 unspecified atom stereocenters. The van der Waals surface area contributed by atoms with E-state index in [4.69, 9.17) is 0 Å². The highest BCUT2D eigenvalue weighted by Gasteiger charge is 2.18. The third-order valence-corrected chi connectivity index (χ3v) is 6.37. The molecule has 0 bridgehead atoms. The van der Waals surface area contributed by atoms with Gasteiger partial charge in [-0.05, 0) is 85.7 Å². The second-order valence-electron chi connectivity index (χ2n) is 8.64. The predicted molar refractivity (Wildman–Crippen MR) is 125 cm³/mol. The van der Waals surface area contributed by atoms with Crippen LogP contribution in [0.5, 0.6) is 0 Å². The Hall–Kier alpha value is -2.79. The summed E-state index contributed by atoms with van der Waals surface area (Å²) in [4.78, 5) is 17.3. The summed E-state index contributed by atoms with van der Waals surface area (Å²) in [6.45, 7) is 6.42. The van der Waals surface area contributed by atoms with Gasteiger partial charge in [0.05, 0.1) is 11.6 Å². The number of aliphatic hydroxyl groups is 1. The first-order chi connectivity index (χ1) is 14.3. The first kappa shape index (κ1) is 20.5. The number of rotatable bonds is 4. The molecule has 1 fully saturated rings. The van der Waals surface area contributed by atoms with Crippen molar-refractivity contribution in [3.8, 4) is 0 Å². The van der Waals surface area contributed by atoms with E-state index in [2.05, 4.69) is 60.0 Å². The number of aliphatic hydroxyl groups excluding tert-OH is 1. The van der Waals surface area contributed by atoms with E-state index in [1.165, 1.54) is 11.1 Å². The molecule has 1 N–H and O–H groups in total. The molecule has 0 saturated carbocycles. The van der Waals surface area contributed by atoms with Crippen molar-refractivity contribution in [3.05, 3.63) is 69.5 Å². The minimum atomic E-state index is -0.238. The van der Waals surface area contributed by atoms with Gasteiger partial charge in [-0.1, -0.05) is 0 Å². The molecule has 158 valence electrons. The Morgan fingerprint density at radius 1 is 1.10 bits per heavy atom. The number of anilines is 2. The summed E-state index contributed by atoms with van der Waals surface area (Å²) < 4.78 is 1.76.